The summed E-state index contributed by atoms with van der Waals surface area (Å²) < 4.78 is 26.1. The van der Waals surface area contributed by atoms with Gasteiger partial charge in [-0.25, -0.2) is 8.42 Å². The molecule has 0 unspecified atom stereocenters. The van der Waals surface area contributed by atoms with E-state index >= 15 is 0 Å². The smallest absolute Gasteiger partial charge is 0.213 e. The van der Waals surface area contributed by atoms with E-state index in [1.807, 2.05) is 54.6 Å². The Hall–Kier alpha value is -1.97. The van der Waals surface area contributed by atoms with Crippen molar-refractivity contribution in [3.05, 3.63) is 105 Å². The van der Waals surface area contributed by atoms with E-state index in [0.717, 1.165) is 22.3 Å². The highest BCUT2D eigenvalue weighted by Crippen LogP contribution is 2.42. The van der Waals surface area contributed by atoms with E-state index < -0.39 is 15.6 Å². The molecule has 3 aromatic carbocycles. The van der Waals surface area contributed by atoms with Crippen LogP contribution in [0.15, 0.2) is 72.8 Å². The van der Waals surface area contributed by atoms with Crippen LogP contribution >= 0.6 is 23.2 Å². The van der Waals surface area contributed by atoms with Crippen LogP contribution in [-0.2, 0) is 22.2 Å². The minimum Gasteiger partial charge on any atom is -0.385 e. The molecule has 2 aliphatic heterocycles. The molecule has 0 saturated carbocycles. The minimum atomic E-state index is -3.17. The number of piperazine rings is 1. The van der Waals surface area contributed by atoms with Crippen molar-refractivity contribution in [3.8, 4) is 0 Å². The van der Waals surface area contributed by atoms with Gasteiger partial charge in [0.1, 0.15) is 0 Å². The van der Waals surface area contributed by atoms with E-state index in [0.29, 0.717) is 68.7 Å². The Kier molecular flexibility index (Phi) is 9.22. The van der Waals surface area contributed by atoms with Crippen LogP contribution in [0.25, 0.3) is 0 Å². The zero-order chi connectivity index (χ0) is 28.3. The SMILES string of the molecule is CCS(=O)(=O)N1CCN(Cc2ccccc2C2(O)CCN(C(c3ccccc3Cl)c3ccccc3Cl)CC2)CC1. The summed E-state index contributed by atoms with van der Waals surface area (Å²) >= 11 is 13.4. The Labute approximate surface area is 248 Å². The van der Waals surface area contributed by atoms with Crippen LogP contribution in [0.3, 0.4) is 0 Å². The number of benzene rings is 3. The van der Waals surface area contributed by atoms with Crippen molar-refractivity contribution in [2.75, 3.05) is 45.0 Å². The average Bonchev–Trinajstić information content (AvgIpc) is 2.97. The lowest BCUT2D eigenvalue weighted by Crippen LogP contribution is -2.49. The maximum absolute atomic E-state index is 12.3. The van der Waals surface area contributed by atoms with Crippen LogP contribution in [0.5, 0.6) is 0 Å². The highest BCUT2D eigenvalue weighted by Gasteiger charge is 2.39. The molecule has 0 radical (unpaired) electrons. The molecule has 0 bridgehead atoms. The molecule has 0 spiro atoms. The number of aliphatic hydroxyl groups is 1. The molecule has 2 heterocycles. The molecule has 2 fully saturated rings. The van der Waals surface area contributed by atoms with Crippen molar-refractivity contribution in [2.45, 2.75) is 38.0 Å². The first-order chi connectivity index (χ1) is 19.2. The average molecular weight is 603 g/mol. The van der Waals surface area contributed by atoms with Crippen LogP contribution in [0, 0.1) is 0 Å². The molecular weight excluding hydrogens is 565 g/mol. The van der Waals surface area contributed by atoms with E-state index in [-0.39, 0.29) is 11.8 Å². The largest absolute Gasteiger partial charge is 0.385 e. The van der Waals surface area contributed by atoms with Crippen molar-refractivity contribution >= 4 is 33.2 Å². The molecule has 5 rings (SSSR count). The van der Waals surface area contributed by atoms with Gasteiger partial charge in [-0.05, 0) is 54.2 Å². The third kappa shape index (κ3) is 6.26. The number of sulfonamides is 1. The normalized spacial score (nSPS) is 19.2. The Morgan fingerprint density at radius 3 is 1.88 bits per heavy atom. The van der Waals surface area contributed by atoms with Gasteiger partial charge in [-0.15, -0.1) is 0 Å². The predicted molar refractivity (Wildman–Crippen MR) is 162 cm³/mol. The van der Waals surface area contributed by atoms with Gasteiger partial charge < -0.3 is 5.11 Å². The zero-order valence-electron chi connectivity index (χ0n) is 22.8. The lowest BCUT2D eigenvalue weighted by atomic mass is 9.80. The van der Waals surface area contributed by atoms with Gasteiger partial charge in [0.05, 0.1) is 17.4 Å². The second-order valence-electron chi connectivity index (χ2n) is 10.7. The number of piperidine rings is 1. The van der Waals surface area contributed by atoms with Crippen molar-refractivity contribution in [2.24, 2.45) is 0 Å². The number of hydrogen-bond acceptors (Lipinski definition) is 5. The topological polar surface area (TPSA) is 64.1 Å². The minimum absolute atomic E-state index is 0.113. The zero-order valence-corrected chi connectivity index (χ0v) is 25.2. The third-order valence-electron chi connectivity index (χ3n) is 8.39. The summed E-state index contributed by atoms with van der Waals surface area (Å²) in [5.41, 5.74) is 3.12. The number of hydrogen-bond donors (Lipinski definition) is 1. The number of rotatable bonds is 8. The second kappa shape index (κ2) is 12.5. The third-order valence-corrected chi connectivity index (χ3v) is 11.0. The molecule has 2 aliphatic rings. The lowest BCUT2D eigenvalue weighted by Gasteiger charge is -2.43. The van der Waals surface area contributed by atoms with E-state index in [2.05, 4.69) is 28.0 Å². The van der Waals surface area contributed by atoms with Crippen LogP contribution in [0.2, 0.25) is 10.0 Å². The summed E-state index contributed by atoms with van der Waals surface area (Å²) in [5, 5.41) is 13.4. The first-order valence-electron chi connectivity index (χ1n) is 14.0. The molecule has 0 amide bonds. The molecule has 0 aromatic heterocycles. The summed E-state index contributed by atoms with van der Waals surface area (Å²) in [4.78, 5) is 4.65. The predicted octanol–water partition coefficient (Wildman–Crippen LogP) is 5.53. The van der Waals surface area contributed by atoms with Crippen LogP contribution in [0.4, 0.5) is 0 Å². The Morgan fingerprint density at radius 2 is 1.32 bits per heavy atom. The van der Waals surface area contributed by atoms with Gasteiger partial charge in [0.15, 0.2) is 0 Å². The second-order valence-corrected chi connectivity index (χ2v) is 13.8. The lowest BCUT2D eigenvalue weighted by molar-refractivity contribution is -0.0335. The molecule has 0 aliphatic carbocycles. The maximum atomic E-state index is 12.3. The summed E-state index contributed by atoms with van der Waals surface area (Å²) in [5.74, 6) is 0.133. The van der Waals surface area contributed by atoms with Crippen molar-refractivity contribution in [3.63, 3.8) is 0 Å². The highest BCUT2D eigenvalue weighted by molar-refractivity contribution is 7.89. The Morgan fingerprint density at radius 1 is 0.800 bits per heavy atom. The van der Waals surface area contributed by atoms with Crippen molar-refractivity contribution in [1.82, 2.24) is 14.1 Å². The Bertz CT molecular complexity index is 1370. The molecule has 2 saturated heterocycles. The van der Waals surface area contributed by atoms with Gasteiger partial charge in [0.2, 0.25) is 10.0 Å². The van der Waals surface area contributed by atoms with E-state index in [1.165, 1.54) is 0 Å². The molecule has 214 valence electrons. The first-order valence-corrected chi connectivity index (χ1v) is 16.3. The molecule has 9 heteroatoms. The van der Waals surface area contributed by atoms with Gasteiger partial charge in [0, 0.05) is 55.9 Å². The van der Waals surface area contributed by atoms with E-state index in [1.54, 1.807) is 11.2 Å². The number of likely N-dealkylation sites (tertiary alicyclic amines) is 1. The molecule has 1 N–H and O–H groups in total. The standard InChI is InChI=1S/C31H37Cl2N3O3S/c1-2-40(38,39)36-21-19-34(20-22-36)23-24-9-3-6-12-27(24)31(37)15-17-35(18-16-31)30(25-10-4-7-13-28(25)32)26-11-5-8-14-29(26)33/h3-14,30,37H,2,15-23H2,1H3. The fourth-order valence-electron chi connectivity index (χ4n) is 6.08. The Balaban J connectivity index is 1.33. The van der Waals surface area contributed by atoms with E-state index in [4.69, 9.17) is 23.2 Å². The monoisotopic (exact) mass is 601 g/mol. The van der Waals surface area contributed by atoms with Crippen molar-refractivity contribution < 1.29 is 13.5 Å². The summed E-state index contributed by atoms with van der Waals surface area (Å²) in [6, 6.07) is 23.8. The quantitative estimate of drug-likeness (QED) is 0.367. The maximum Gasteiger partial charge on any atom is 0.213 e. The fraction of sp³-hybridized carbons (Fsp3) is 0.419. The molecule has 6 nitrogen and oxygen atoms in total. The van der Waals surface area contributed by atoms with E-state index in [9.17, 15) is 13.5 Å². The molecular formula is C31H37Cl2N3O3S. The number of nitrogens with zero attached hydrogens (tertiary/aromatic N) is 3. The van der Waals surface area contributed by atoms with Gasteiger partial charge in [-0.3, -0.25) is 9.80 Å². The fourth-order valence-corrected chi connectivity index (χ4v) is 7.64. The van der Waals surface area contributed by atoms with Crippen LogP contribution in [-0.4, -0.2) is 72.7 Å². The highest BCUT2D eigenvalue weighted by atomic mass is 35.5. The first kappa shape index (κ1) is 29.5. The van der Waals surface area contributed by atoms with Crippen LogP contribution in [0.1, 0.15) is 48.1 Å². The summed E-state index contributed by atoms with van der Waals surface area (Å²) in [6.45, 7) is 6.10. The molecule has 3 aromatic rings. The molecule has 0 atom stereocenters. The summed E-state index contributed by atoms with van der Waals surface area (Å²) in [7, 11) is -3.17. The molecule has 40 heavy (non-hydrogen) atoms. The number of halogens is 2. The van der Waals surface area contributed by atoms with Gasteiger partial charge in [0.25, 0.3) is 0 Å². The van der Waals surface area contributed by atoms with Crippen LogP contribution < -0.4 is 0 Å². The summed E-state index contributed by atoms with van der Waals surface area (Å²) in [6.07, 6.45) is 1.16. The van der Waals surface area contributed by atoms with Gasteiger partial charge in [-0.1, -0.05) is 83.9 Å². The van der Waals surface area contributed by atoms with Gasteiger partial charge in [-0.2, -0.15) is 4.31 Å². The van der Waals surface area contributed by atoms with Gasteiger partial charge >= 0.3 is 0 Å². The van der Waals surface area contributed by atoms with Crippen molar-refractivity contribution in [1.29, 1.82) is 0 Å².